The van der Waals surface area contributed by atoms with Gasteiger partial charge in [-0.05, 0) is 12.1 Å². The lowest BCUT2D eigenvalue weighted by molar-refractivity contribution is -0.137. The van der Waals surface area contributed by atoms with Crippen LogP contribution in [0.1, 0.15) is 11.1 Å². The molecule has 0 aromatic heterocycles. The molecule has 1 aromatic rings. The summed E-state index contributed by atoms with van der Waals surface area (Å²) in [6.07, 6.45) is -4.46. The van der Waals surface area contributed by atoms with Gasteiger partial charge < -0.3 is 4.74 Å². The van der Waals surface area contributed by atoms with Gasteiger partial charge in [0.15, 0.2) is 0 Å². The van der Waals surface area contributed by atoms with Crippen LogP contribution in [-0.4, -0.2) is 13.0 Å². The quantitative estimate of drug-likeness (QED) is 0.552. The van der Waals surface area contributed by atoms with Gasteiger partial charge >= 0.3 is 6.18 Å². The molecule has 0 atom stereocenters. The van der Waals surface area contributed by atoms with E-state index in [0.717, 1.165) is 13.2 Å². The molecule has 76 valence electrons. The van der Waals surface area contributed by atoms with Crippen molar-refractivity contribution >= 4 is 5.90 Å². The summed E-state index contributed by atoms with van der Waals surface area (Å²) in [4.78, 5) is 0. The highest BCUT2D eigenvalue weighted by atomic mass is 19.4. The Hall–Kier alpha value is -1.52. The average molecular weight is 203 g/mol. The fourth-order valence-corrected chi connectivity index (χ4v) is 1.04. The lowest BCUT2D eigenvalue weighted by Crippen LogP contribution is -2.13. The summed E-state index contributed by atoms with van der Waals surface area (Å²) in [5, 5.41) is 7.18. The number of alkyl halides is 3. The van der Waals surface area contributed by atoms with Crippen molar-refractivity contribution in [3.8, 4) is 0 Å². The summed E-state index contributed by atoms with van der Waals surface area (Å²) in [5.41, 5.74) is -1.10. The van der Waals surface area contributed by atoms with Gasteiger partial charge in [0, 0.05) is 5.56 Å². The molecule has 1 rings (SSSR count). The highest BCUT2D eigenvalue weighted by molar-refractivity contribution is 5.93. The normalized spacial score (nSPS) is 11.1. The van der Waals surface area contributed by atoms with Gasteiger partial charge in [0.25, 0.3) is 0 Å². The van der Waals surface area contributed by atoms with Crippen LogP contribution in [0.4, 0.5) is 13.2 Å². The molecule has 1 N–H and O–H groups in total. The van der Waals surface area contributed by atoms with E-state index in [4.69, 9.17) is 5.41 Å². The minimum absolute atomic E-state index is 0.248. The lowest BCUT2D eigenvalue weighted by Gasteiger charge is -2.11. The highest BCUT2D eigenvalue weighted by Crippen LogP contribution is 2.31. The first-order valence-electron chi connectivity index (χ1n) is 3.76. The Labute approximate surface area is 78.8 Å². The molecule has 0 aliphatic rings. The van der Waals surface area contributed by atoms with E-state index in [9.17, 15) is 13.2 Å². The van der Waals surface area contributed by atoms with Crippen molar-refractivity contribution in [3.63, 3.8) is 0 Å². The maximum absolute atomic E-state index is 12.4. The minimum atomic E-state index is -4.46. The second-order valence-corrected chi connectivity index (χ2v) is 2.58. The van der Waals surface area contributed by atoms with E-state index in [1.807, 2.05) is 0 Å². The Kier molecular flexibility index (Phi) is 2.78. The SMILES string of the molecule is COC(=N)c1ccccc1C(F)(F)F. The van der Waals surface area contributed by atoms with Crippen molar-refractivity contribution in [1.82, 2.24) is 0 Å². The molecular weight excluding hydrogens is 195 g/mol. The molecule has 0 heterocycles. The molecule has 0 radical (unpaired) electrons. The van der Waals surface area contributed by atoms with E-state index >= 15 is 0 Å². The number of methoxy groups -OCH3 is 1. The topological polar surface area (TPSA) is 33.1 Å². The standard InChI is InChI=1S/C9H8F3NO/c1-14-8(13)6-4-2-3-5-7(6)9(10,11)12/h2-5,13H,1H3. The number of halogens is 3. The van der Waals surface area contributed by atoms with Crippen LogP contribution in [0, 0.1) is 5.41 Å². The van der Waals surface area contributed by atoms with Gasteiger partial charge in [-0.2, -0.15) is 13.2 Å². The molecule has 0 saturated carbocycles. The molecule has 0 aliphatic carbocycles. The summed E-state index contributed by atoms with van der Waals surface area (Å²) in [6.45, 7) is 0. The zero-order valence-corrected chi connectivity index (χ0v) is 7.35. The third kappa shape index (κ3) is 2.04. The fraction of sp³-hybridized carbons (Fsp3) is 0.222. The van der Waals surface area contributed by atoms with E-state index < -0.39 is 17.6 Å². The number of hydrogen-bond acceptors (Lipinski definition) is 2. The van der Waals surface area contributed by atoms with Gasteiger partial charge in [-0.1, -0.05) is 12.1 Å². The smallest absolute Gasteiger partial charge is 0.417 e. The van der Waals surface area contributed by atoms with E-state index in [-0.39, 0.29) is 5.56 Å². The van der Waals surface area contributed by atoms with E-state index in [1.54, 1.807) is 0 Å². The number of nitrogens with one attached hydrogen (secondary N) is 1. The number of benzene rings is 1. The van der Waals surface area contributed by atoms with Gasteiger partial charge in [-0.15, -0.1) is 0 Å². The van der Waals surface area contributed by atoms with Crippen molar-refractivity contribution in [2.75, 3.05) is 7.11 Å². The minimum Gasteiger partial charge on any atom is -0.481 e. The van der Waals surface area contributed by atoms with Gasteiger partial charge in [0.2, 0.25) is 5.90 Å². The summed E-state index contributed by atoms with van der Waals surface area (Å²) < 4.78 is 41.6. The van der Waals surface area contributed by atoms with E-state index in [2.05, 4.69) is 4.74 Å². The van der Waals surface area contributed by atoms with Crippen molar-refractivity contribution in [2.24, 2.45) is 0 Å². The summed E-state index contributed by atoms with van der Waals surface area (Å²) >= 11 is 0. The van der Waals surface area contributed by atoms with Crippen molar-refractivity contribution in [1.29, 1.82) is 5.41 Å². The maximum atomic E-state index is 12.4. The second kappa shape index (κ2) is 3.69. The van der Waals surface area contributed by atoms with Crippen LogP contribution < -0.4 is 0 Å². The third-order valence-corrected chi connectivity index (χ3v) is 1.68. The summed E-state index contributed by atoms with van der Waals surface area (Å²) in [5.74, 6) is -0.488. The Morgan fingerprint density at radius 3 is 2.36 bits per heavy atom. The third-order valence-electron chi connectivity index (χ3n) is 1.68. The highest BCUT2D eigenvalue weighted by Gasteiger charge is 2.34. The summed E-state index contributed by atoms with van der Waals surface area (Å²) in [6, 6.07) is 4.82. The van der Waals surface area contributed by atoms with Crippen molar-refractivity contribution in [3.05, 3.63) is 35.4 Å². The predicted molar refractivity (Wildman–Crippen MR) is 45.3 cm³/mol. The van der Waals surface area contributed by atoms with E-state index in [1.165, 1.54) is 18.2 Å². The Morgan fingerprint density at radius 2 is 1.86 bits per heavy atom. The molecule has 0 unspecified atom stereocenters. The van der Waals surface area contributed by atoms with Crippen LogP contribution in [-0.2, 0) is 10.9 Å². The van der Waals surface area contributed by atoms with Gasteiger partial charge in [0.1, 0.15) is 0 Å². The molecule has 2 nitrogen and oxygen atoms in total. The van der Waals surface area contributed by atoms with Gasteiger partial charge in [0.05, 0.1) is 12.7 Å². The van der Waals surface area contributed by atoms with Crippen molar-refractivity contribution < 1.29 is 17.9 Å². The molecular formula is C9H8F3NO. The van der Waals surface area contributed by atoms with Crippen LogP contribution in [0.25, 0.3) is 0 Å². The number of rotatable bonds is 1. The maximum Gasteiger partial charge on any atom is 0.417 e. The zero-order chi connectivity index (χ0) is 10.8. The molecule has 1 aromatic carbocycles. The van der Waals surface area contributed by atoms with Gasteiger partial charge in [-0.3, -0.25) is 5.41 Å². The molecule has 5 heteroatoms. The molecule has 0 spiro atoms. The number of hydrogen-bond donors (Lipinski definition) is 1. The monoisotopic (exact) mass is 203 g/mol. The zero-order valence-electron chi connectivity index (χ0n) is 7.35. The van der Waals surface area contributed by atoms with Crippen LogP contribution in [0.3, 0.4) is 0 Å². The Balaban J connectivity index is 3.23. The first-order chi connectivity index (χ1) is 6.46. The van der Waals surface area contributed by atoms with E-state index in [0.29, 0.717) is 0 Å². The van der Waals surface area contributed by atoms with Gasteiger partial charge in [-0.25, -0.2) is 0 Å². The lowest BCUT2D eigenvalue weighted by atomic mass is 10.1. The first kappa shape index (κ1) is 10.6. The molecule has 0 aliphatic heterocycles. The summed E-state index contributed by atoms with van der Waals surface area (Å²) in [7, 11) is 1.16. The molecule has 0 fully saturated rings. The van der Waals surface area contributed by atoms with Crippen LogP contribution in [0.15, 0.2) is 24.3 Å². The van der Waals surface area contributed by atoms with Crippen LogP contribution in [0.5, 0.6) is 0 Å². The van der Waals surface area contributed by atoms with Crippen molar-refractivity contribution in [2.45, 2.75) is 6.18 Å². The van der Waals surface area contributed by atoms with Crippen LogP contribution >= 0.6 is 0 Å². The number of ether oxygens (including phenoxy) is 1. The molecule has 0 amide bonds. The molecule has 0 saturated heterocycles. The Morgan fingerprint density at radius 1 is 1.29 bits per heavy atom. The van der Waals surface area contributed by atoms with Crippen LogP contribution in [0.2, 0.25) is 0 Å². The average Bonchev–Trinajstić information content (AvgIpc) is 2.15. The second-order valence-electron chi connectivity index (χ2n) is 2.58. The largest absolute Gasteiger partial charge is 0.481 e. The fourth-order valence-electron chi connectivity index (χ4n) is 1.04. The molecule has 14 heavy (non-hydrogen) atoms. The first-order valence-corrected chi connectivity index (χ1v) is 3.76. The predicted octanol–water partition coefficient (Wildman–Crippen LogP) is 2.68. The molecule has 0 bridgehead atoms. The Bertz CT molecular complexity index is 346.